The maximum absolute atomic E-state index is 12.5. The molecule has 2 heterocycles. The average molecular weight is 441 g/mol. The molecule has 146 valence electrons. The molecule has 0 N–H and O–H groups in total. The molecular formula is C17H21BrN4O5. The van der Waals surface area contributed by atoms with E-state index in [1.807, 2.05) is 31.2 Å². The van der Waals surface area contributed by atoms with Crippen molar-refractivity contribution in [1.82, 2.24) is 9.80 Å². The maximum atomic E-state index is 12.5. The van der Waals surface area contributed by atoms with Crippen molar-refractivity contribution in [3.8, 4) is 0 Å². The van der Waals surface area contributed by atoms with Gasteiger partial charge in [0.2, 0.25) is 0 Å². The van der Waals surface area contributed by atoms with Crippen LogP contribution in [0.4, 0.5) is 4.79 Å². The first kappa shape index (κ1) is 19.6. The first-order valence-electron chi connectivity index (χ1n) is 8.70. The van der Waals surface area contributed by atoms with Crippen molar-refractivity contribution in [1.29, 1.82) is 0 Å². The average Bonchev–Trinajstić information content (AvgIpc) is 3.20. The van der Waals surface area contributed by atoms with E-state index in [4.69, 9.17) is 9.47 Å². The number of halogens is 1. The molecule has 0 aliphatic carbocycles. The van der Waals surface area contributed by atoms with Crippen LogP contribution in [-0.4, -0.2) is 59.2 Å². The first-order valence-corrected chi connectivity index (χ1v) is 9.50. The van der Waals surface area contributed by atoms with E-state index in [9.17, 15) is 14.9 Å². The maximum Gasteiger partial charge on any atom is 0.417 e. The van der Waals surface area contributed by atoms with Crippen LogP contribution in [0, 0.1) is 16.0 Å². The van der Waals surface area contributed by atoms with Crippen molar-refractivity contribution in [2.45, 2.75) is 26.1 Å². The molecule has 0 spiro atoms. The van der Waals surface area contributed by atoms with Gasteiger partial charge >= 0.3 is 6.09 Å². The van der Waals surface area contributed by atoms with Gasteiger partial charge in [0, 0.05) is 23.5 Å². The molecule has 0 radical (unpaired) electrons. The number of nitro groups is 1. The van der Waals surface area contributed by atoms with E-state index in [0.29, 0.717) is 26.2 Å². The van der Waals surface area contributed by atoms with Gasteiger partial charge in [-0.3, -0.25) is 0 Å². The largest absolute Gasteiger partial charge is 0.444 e. The van der Waals surface area contributed by atoms with Crippen LogP contribution in [0.5, 0.6) is 0 Å². The summed E-state index contributed by atoms with van der Waals surface area (Å²) in [7, 11) is 0. The molecule has 2 atom stereocenters. The number of ether oxygens (including phenoxy) is 2. The molecule has 27 heavy (non-hydrogen) atoms. The Kier molecular flexibility index (Phi) is 6.27. The summed E-state index contributed by atoms with van der Waals surface area (Å²) in [5, 5.41) is 13.6. The molecule has 2 aliphatic heterocycles. The van der Waals surface area contributed by atoms with Gasteiger partial charge in [0.15, 0.2) is 5.03 Å². The third-order valence-corrected chi connectivity index (χ3v) is 5.07. The summed E-state index contributed by atoms with van der Waals surface area (Å²) in [4.78, 5) is 26.4. The lowest BCUT2D eigenvalue weighted by atomic mass is 10.1. The van der Waals surface area contributed by atoms with Gasteiger partial charge in [-0.25, -0.2) is 19.8 Å². The van der Waals surface area contributed by atoms with Crippen LogP contribution in [0.1, 0.15) is 18.9 Å². The zero-order valence-corrected chi connectivity index (χ0v) is 16.5. The van der Waals surface area contributed by atoms with E-state index in [1.54, 1.807) is 4.90 Å². The van der Waals surface area contributed by atoms with Gasteiger partial charge in [0.25, 0.3) is 5.96 Å². The fraction of sp³-hybridized carbons (Fsp3) is 0.529. The number of guanidine groups is 1. The fourth-order valence-electron chi connectivity index (χ4n) is 3.28. The van der Waals surface area contributed by atoms with E-state index < -0.39 is 11.1 Å². The number of hydrogen-bond acceptors (Lipinski definition) is 5. The van der Waals surface area contributed by atoms with Crippen LogP contribution in [0.25, 0.3) is 0 Å². The summed E-state index contributed by atoms with van der Waals surface area (Å²) in [5.74, 6) is 0.288. The minimum Gasteiger partial charge on any atom is -0.444 e. The van der Waals surface area contributed by atoms with Crippen molar-refractivity contribution < 1.29 is 19.3 Å². The lowest BCUT2D eigenvalue weighted by Crippen LogP contribution is -2.40. The molecule has 2 unspecified atom stereocenters. The molecule has 0 aromatic heterocycles. The van der Waals surface area contributed by atoms with E-state index in [2.05, 4.69) is 21.0 Å². The number of hydrogen-bond donors (Lipinski definition) is 0. The lowest BCUT2D eigenvalue weighted by Gasteiger charge is -2.21. The summed E-state index contributed by atoms with van der Waals surface area (Å²) in [6, 6.07) is 7.37. The number of carbonyl (C=O) groups is 1. The predicted molar refractivity (Wildman–Crippen MR) is 101 cm³/mol. The van der Waals surface area contributed by atoms with Crippen LogP contribution >= 0.6 is 15.9 Å². The van der Waals surface area contributed by atoms with Crippen molar-refractivity contribution in [2.75, 3.05) is 26.2 Å². The Labute approximate surface area is 165 Å². The number of nitrogens with zero attached hydrogens (tertiary/aromatic N) is 4. The second-order valence-electron chi connectivity index (χ2n) is 6.66. The molecule has 2 saturated heterocycles. The van der Waals surface area contributed by atoms with Crippen molar-refractivity contribution in [3.05, 3.63) is 44.4 Å². The number of rotatable bonds is 5. The molecule has 3 rings (SSSR count). The van der Waals surface area contributed by atoms with Crippen LogP contribution in [0.3, 0.4) is 0 Å². The quantitative estimate of drug-likeness (QED) is 0.515. The smallest absolute Gasteiger partial charge is 0.417 e. The summed E-state index contributed by atoms with van der Waals surface area (Å²) in [5.41, 5.74) is 0.826. The Morgan fingerprint density at radius 1 is 1.41 bits per heavy atom. The van der Waals surface area contributed by atoms with Crippen LogP contribution in [-0.2, 0) is 16.1 Å². The van der Waals surface area contributed by atoms with E-state index >= 15 is 0 Å². The molecule has 1 amide bonds. The number of benzene rings is 1. The zero-order valence-electron chi connectivity index (χ0n) is 14.9. The van der Waals surface area contributed by atoms with Crippen LogP contribution in [0.2, 0.25) is 0 Å². The Morgan fingerprint density at radius 2 is 2.15 bits per heavy atom. The molecule has 0 bridgehead atoms. The molecular weight excluding hydrogens is 420 g/mol. The minimum atomic E-state index is -0.781. The van der Waals surface area contributed by atoms with Gasteiger partial charge in [-0.1, -0.05) is 28.1 Å². The van der Waals surface area contributed by atoms with Crippen molar-refractivity contribution >= 4 is 28.0 Å². The van der Waals surface area contributed by atoms with E-state index in [-0.39, 0.29) is 24.6 Å². The molecule has 1 aromatic rings. The summed E-state index contributed by atoms with van der Waals surface area (Å²) >= 11 is 3.35. The second-order valence-corrected chi connectivity index (χ2v) is 7.58. The second kappa shape index (κ2) is 8.66. The number of carbonyl (C=O) groups excluding carboxylic acids is 1. The highest BCUT2D eigenvalue weighted by atomic mass is 79.9. The predicted octanol–water partition coefficient (Wildman–Crippen LogP) is 2.68. The third-order valence-electron chi connectivity index (χ3n) is 4.55. The molecule has 2 aliphatic rings. The Balaban J connectivity index is 1.63. The van der Waals surface area contributed by atoms with Gasteiger partial charge < -0.3 is 14.4 Å². The number of amides is 1. The highest BCUT2D eigenvalue weighted by Gasteiger charge is 2.37. The topological polar surface area (TPSA) is 97.5 Å². The molecule has 10 heteroatoms. The fourth-order valence-corrected chi connectivity index (χ4v) is 3.54. The van der Waals surface area contributed by atoms with Crippen LogP contribution in [0.15, 0.2) is 33.8 Å². The van der Waals surface area contributed by atoms with Crippen molar-refractivity contribution in [3.63, 3.8) is 0 Å². The van der Waals surface area contributed by atoms with Crippen LogP contribution < -0.4 is 0 Å². The normalized spacial score (nSPS) is 23.9. The van der Waals surface area contributed by atoms with Gasteiger partial charge in [-0.05, 0) is 31.0 Å². The molecule has 2 fully saturated rings. The number of hydrazone groups is 1. The van der Waals surface area contributed by atoms with E-state index in [0.717, 1.165) is 16.5 Å². The molecule has 9 nitrogen and oxygen atoms in total. The van der Waals surface area contributed by atoms with Gasteiger partial charge in [0.05, 0.1) is 19.3 Å². The Morgan fingerprint density at radius 3 is 2.78 bits per heavy atom. The standard InChI is InChI=1S/C17H21BrN4O5/c1-12-8-14(11-26-12)9-20-6-7-21(16(20)19-22(24)25)17(23)27-10-13-2-4-15(18)5-3-13/h2-5,12,14H,6-11H2,1H3. The monoisotopic (exact) mass is 440 g/mol. The van der Waals surface area contributed by atoms with Gasteiger partial charge in [0.1, 0.15) is 11.7 Å². The Hall–Kier alpha value is -2.20. The SMILES string of the molecule is CC1CC(CN2CCN(C(=O)OCc3ccc(Br)cc3)C2=N[N+](=O)[O-])CO1. The lowest BCUT2D eigenvalue weighted by molar-refractivity contribution is -0.486. The highest BCUT2D eigenvalue weighted by molar-refractivity contribution is 9.10. The van der Waals surface area contributed by atoms with Crippen molar-refractivity contribution in [2.24, 2.45) is 11.0 Å². The highest BCUT2D eigenvalue weighted by Crippen LogP contribution is 2.22. The van der Waals surface area contributed by atoms with E-state index in [1.165, 1.54) is 4.90 Å². The zero-order chi connectivity index (χ0) is 19.4. The Bertz CT molecular complexity index is 727. The molecule has 1 aromatic carbocycles. The first-order chi connectivity index (χ1) is 12.9. The van der Waals surface area contributed by atoms with Gasteiger partial charge in [-0.15, -0.1) is 0 Å². The molecule has 0 saturated carbocycles. The summed E-state index contributed by atoms with van der Waals surface area (Å²) < 4.78 is 11.8. The summed E-state index contributed by atoms with van der Waals surface area (Å²) in [6.45, 7) is 4.04. The minimum absolute atomic E-state index is 0.0281. The summed E-state index contributed by atoms with van der Waals surface area (Å²) in [6.07, 6.45) is 0.425. The van der Waals surface area contributed by atoms with Gasteiger partial charge in [-0.2, -0.15) is 0 Å². The third kappa shape index (κ3) is 5.16.